The molecule has 0 bridgehead atoms. The molecule has 0 radical (unpaired) electrons. The number of methoxy groups -OCH3 is 1. The summed E-state index contributed by atoms with van der Waals surface area (Å²) >= 11 is 3.17. The van der Waals surface area contributed by atoms with E-state index >= 15 is 0 Å². The average molecular weight is 304 g/mol. The lowest BCUT2D eigenvalue weighted by molar-refractivity contribution is -0.142. The molecule has 0 aliphatic carbocycles. The van der Waals surface area contributed by atoms with E-state index < -0.39 is 12.0 Å². The number of phenols is 1. The largest absolute Gasteiger partial charge is 0.503 e. The van der Waals surface area contributed by atoms with Crippen molar-refractivity contribution in [3.05, 3.63) is 22.2 Å². The molecule has 0 saturated carbocycles. The minimum atomic E-state index is -0.906. The quantitative estimate of drug-likeness (QED) is 0.828. The molecular weight excluding hydrogens is 290 g/mol. The molecule has 0 unspecified atom stereocenters. The highest BCUT2D eigenvalue weighted by Gasteiger charge is 2.19. The monoisotopic (exact) mass is 303 g/mol. The number of esters is 1. The van der Waals surface area contributed by atoms with E-state index in [1.54, 1.807) is 13.0 Å². The van der Waals surface area contributed by atoms with Crippen molar-refractivity contribution in [3.8, 4) is 11.5 Å². The Hall–Kier alpha value is -1.27. The summed E-state index contributed by atoms with van der Waals surface area (Å²) < 4.78 is 10.2. The molecule has 0 spiro atoms. The summed E-state index contributed by atoms with van der Waals surface area (Å²) in [5.74, 6) is -0.297. The molecule has 1 atom stereocenters. The molecule has 5 nitrogen and oxygen atoms in total. The van der Waals surface area contributed by atoms with Crippen LogP contribution in [0.15, 0.2) is 16.6 Å². The van der Waals surface area contributed by atoms with E-state index in [0.717, 1.165) is 0 Å². The number of carbonyl (C=O) groups is 1. The van der Waals surface area contributed by atoms with E-state index in [0.29, 0.717) is 16.6 Å². The van der Waals surface area contributed by atoms with Crippen molar-refractivity contribution >= 4 is 21.9 Å². The van der Waals surface area contributed by atoms with Crippen LogP contribution in [0.4, 0.5) is 0 Å². The van der Waals surface area contributed by atoms with Gasteiger partial charge in [0.05, 0.1) is 18.2 Å². The van der Waals surface area contributed by atoms with Gasteiger partial charge in [0, 0.05) is 0 Å². The first-order valence-electron chi connectivity index (χ1n) is 4.99. The third kappa shape index (κ3) is 3.10. The Labute approximate surface area is 108 Å². The summed E-state index contributed by atoms with van der Waals surface area (Å²) in [6.07, 6.45) is 0. The Morgan fingerprint density at radius 1 is 1.59 bits per heavy atom. The lowest BCUT2D eigenvalue weighted by Crippen LogP contribution is -2.22. The van der Waals surface area contributed by atoms with E-state index in [1.807, 2.05) is 0 Å². The van der Waals surface area contributed by atoms with Gasteiger partial charge in [-0.2, -0.15) is 0 Å². The standard InChI is InChI=1S/C11H14BrNO4/c1-3-17-8-5-6(4-7(12)10(8)14)9(13)11(15)16-2/h4-5,9,14H,3,13H2,1-2H3/t9-/m1/s1. The van der Waals surface area contributed by atoms with Crippen LogP contribution in [-0.4, -0.2) is 24.8 Å². The van der Waals surface area contributed by atoms with Gasteiger partial charge in [-0.3, -0.25) is 4.79 Å². The Morgan fingerprint density at radius 3 is 2.76 bits per heavy atom. The maximum atomic E-state index is 11.3. The second kappa shape index (κ2) is 5.88. The van der Waals surface area contributed by atoms with Crippen LogP contribution in [-0.2, 0) is 9.53 Å². The van der Waals surface area contributed by atoms with Crippen molar-refractivity contribution in [1.82, 2.24) is 0 Å². The summed E-state index contributed by atoms with van der Waals surface area (Å²) in [4.78, 5) is 11.3. The maximum Gasteiger partial charge on any atom is 0.327 e. The normalized spacial score (nSPS) is 12.0. The lowest BCUT2D eigenvalue weighted by Gasteiger charge is -2.13. The summed E-state index contributed by atoms with van der Waals surface area (Å²) in [5.41, 5.74) is 6.21. The minimum Gasteiger partial charge on any atom is -0.503 e. The fraction of sp³-hybridized carbons (Fsp3) is 0.364. The predicted octanol–water partition coefficient (Wildman–Crippen LogP) is 1.73. The molecule has 1 aromatic carbocycles. The number of halogens is 1. The lowest BCUT2D eigenvalue weighted by atomic mass is 10.1. The molecule has 0 heterocycles. The van der Waals surface area contributed by atoms with Crippen LogP contribution in [0.1, 0.15) is 18.5 Å². The molecule has 1 rings (SSSR count). The number of hydrogen-bond donors (Lipinski definition) is 2. The van der Waals surface area contributed by atoms with Crippen molar-refractivity contribution in [3.63, 3.8) is 0 Å². The SMILES string of the molecule is CCOc1cc([C@@H](N)C(=O)OC)cc(Br)c1O. The van der Waals surface area contributed by atoms with Crippen LogP contribution in [0.2, 0.25) is 0 Å². The fourth-order valence-electron chi connectivity index (χ4n) is 1.30. The molecule has 17 heavy (non-hydrogen) atoms. The van der Waals surface area contributed by atoms with Gasteiger partial charge in [-0.15, -0.1) is 0 Å². The number of benzene rings is 1. The van der Waals surface area contributed by atoms with Crippen LogP contribution in [0.25, 0.3) is 0 Å². The van der Waals surface area contributed by atoms with E-state index in [1.165, 1.54) is 13.2 Å². The predicted molar refractivity (Wildman–Crippen MR) is 65.9 cm³/mol. The van der Waals surface area contributed by atoms with Gasteiger partial charge in [-0.25, -0.2) is 0 Å². The molecular formula is C11H14BrNO4. The number of carbonyl (C=O) groups excluding carboxylic acids is 1. The van der Waals surface area contributed by atoms with Gasteiger partial charge in [0.1, 0.15) is 6.04 Å². The summed E-state index contributed by atoms with van der Waals surface area (Å²) in [7, 11) is 1.26. The first kappa shape index (κ1) is 13.8. The number of rotatable bonds is 4. The summed E-state index contributed by atoms with van der Waals surface area (Å²) in [6.45, 7) is 2.19. The maximum absolute atomic E-state index is 11.3. The second-order valence-corrected chi connectivity index (χ2v) is 4.14. The Kier molecular flexibility index (Phi) is 4.77. The van der Waals surface area contributed by atoms with E-state index in [9.17, 15) is 9.90 Å². The van der Waals surface area contributed by atoms with Gasteiger partial charge in [0.25, 0.3) is 0 Å². The van der Waals surface area contributed by atoms with E-state index in [2.05, 4.69) is 20.7 Å². The molecule has 0 fully saturated rings. The molecule has 6 heteroatoms. The second-order valence-electron chi connectivity index (χ2n) is 3.28. The third-order valence-corrected chi connectivity index (χ3v) is 2.77. The molecule has 0 amide bonds. The topological polar surface area (TPSA) is 81.8 Å². The Bertz CT molecular complexity index is 422. The van der Waals surface area contributed by atoms with Crippen LogP contribution < -0.4 is 10.5 Å². The Balaban J connectivity index is 3.13. The van der Waals surface area contributed by atoms with Crippen molar-refractivity contribution in [2.24, 2.45) is 5.73 Å². The van der Waals surface area contributed by atoms with Crippen molar-refractivity contribution in [2.75, 3.05) is 13.7 Å². The first-order valence-corrected chi connectivity index (χ1v) is 5.79. The highest BCUT2D eigenvalue weighted by Crippen LogP contribution is 2.36. The molecule has 0 aromatic heterocycles. The first-order chi connectivity index (χ1) is 8.01. The summed E-state index contributed by atoms with van der Waals surface area (Å²) in [5, 5.41) is 9.70. The highest BCUT2D eigenvalue weighted by molar-refractivity contribution is 9.10. The smallest absolute Gasteiger partial charge is 0.327 e. The molecule has 0 aliphatic heterocycles. The number of ether oxygens (including phenoxy) is 2. The summed E-state index contributed by atoms with van der Waals surface area (Å²) in [6, 6.07) is 2.17. The zero-order chi connectivity index (χ0) is 13.0. The molecule has 1 aromatic rings. The number of phenolic OH excluding ortho intramolecular Hbond substituents is 1. The number of nitrogens with two attached hydrogens (primary N) is 1. The molecule has 0 saturated heterocycles. The van der Waals surface area contributed by atoms with Gasteiger partial charge in [-0.1, -0.05) is 0 Å². The zero-order valence-electron chi connectivity index (χ0n) is 9.57. The molecule has 3 N–H and O–H groups in total. The van der Waals surface area contributed by atoms with Crippen molar-refractivity contribution in [2.45, 2.75) is 13.0 Å². The zero-order valence-corrected chi connectivity index (χ0v) is 11.2. The fourth-order valence-corrected chi connectivity index (χ4v) is 1.76. The van der Waals surface area contributed by atoms with Gasteiger partial charge in [-0.05, 0) is 40.5 Å². The van der Waals surface area contributed by atoms with Crippen molar-refractivity contribution in [1.29, 1.82) is 0 Å². The van der Waals surface area contributed by atoms with Crippen LogP contribution >= 0.6 is 15.9 Å². The van der Waals surface area contributed by atoms with E-state index in [4.69, 9.17) is 10.5 Å². The highest BCUT2D eigenvalue weighted by atomic mass is 79.9. The van der Waals surface area contributed by atoms with Crippen molar-refractivity contribution < 1.29 is 19.4 Å². The van der Waals surface area contributed by atoms with Crippen LogP contribution in [0, 0.1) is 0 Å². The van der Waals surface area contributed by atoms with Gasteiger partial charge in [0.15, 0.2) is 11.5 Å². The van der Waals surface area contributed by atoms with Gasteiger partial charge >= 0.3 is 5.97 Å². The van der Waals surface area contributed by atoms with E-state index in [-0.39, 0.29) is 11.5 Å². The van der Waals surface area contributed by atoms with Gasteiger partial charge < -0.3 is 20.3 Å². The Morgan fingerprint density at radius 2 is 2.24 bits per heavy atom. The number of aromatic hydroxyl groups is 1. The molecule has 0 aliphatic rings. The minimum absolute atomic E-state index is 0.0207. The van der Waals surface area contributed by atoms with Crippen LogP contribution in [0.3, 0.4) is 0 Å². The third-order valence-electron chi connectivity index (χ3n) is 2.16. The van der Waals surface area contributed by atoms with Crippen LogP contribution in [0.5, 0.6) is 11.5 Å². The average Bonchev–Trinajstić information content (AvgIpc) is 2.33. The van der Waals surface area contributed by atoms with Gasteiger partial charge in [0.2, 0.25) is 0 Å². The molecule has 94 valence electrons. The number of hydrogen-bond acceptors (Lipinski definition) is 5.